The van der Waals surface area contributed by atoms with Gasteiger partial charge in [-0.05, 0) is 36.9 Å². The van der Waals surface area contributed by atoms with Crippen LogP contribution in [0.2, 0.25) is 0 Å². The summed E-state index contributed by atoms with van der Waals surface area (Å²) in [5.74, 6) is 0.345. The van der Waals surface area contributed by atoms with Crippen molar-refractivity contribution in [2.45, 2.75) is 32.1 Å². The highest BCUT2D eigenvalue weighted by Crippen LogP contribution is 2.27. The number of carbonyl (C=O) groups is 1. The zero-order valence-corrected chi connectivity index (χ0v) is 12.7. The number of likely N-dealkylation sites (tertiary alicyclic amines) is 1. The Morgan fingerprint density at radius 2 is 2.43 bits per heavy atom. The summed E-state index contributed by atoms with van der Waals surface area (Å²) in [5.41, 5.74) is 1.81. The summed E-state index contributed by atoms with van der Waals surface area (Å²) < 4.78 is 3.91. The molecule has 1 amide bonds. The van der Waals surface area contributed by atoms with Gasteiger partial charge in [0.2, 0.25) is 0 Å². The van der Waals surface area contributed by atoms with E-state index >= 15 is 0 Å². The topological polar surface area (TPSA) is 71.9 Å². The van der Waals surface area contributed by atoms with Gasteiger partial charge in [0, 0.05) is 30.9 Å². The number of carbonyl (C=O) groups excluding carboxylic acids is 1. The molecular formula is C14H17N5OS. The van der Waals surface area contributed by atoms with Crippen LogP contribution in [0.5, 0.6) is 0 Å². The molecule has 110 valence electrons. The van der Waals surface area contributed by atoms with Gasteiger partial charge < -0.3 is 4.90 Å². The first-order chi connectivity index (χ1) is 10.3. The lowest BCUT2D eigenvalue weighted by Gasteiger charge is -2.32. The van der Waals surface area contributed by atoms with Gasteiger partial charge in [-0.3, -0.25) is 4.79 Å². The van der Waals surface area contributed by atoms with Crippen molar-refractivity contribution in [1.82, 2.24) is 24.5 Å². The molecule has 3 heterocycles. The highest BCUT2D eigenvalue weighted by atomic mass is 32.1. The summed E-state index contributed by atoms with van der Waals surface area (Å²) in [7, 11) is 0. The van der Waals surface area contributed by atoms with Crippen molar-refractivity contribution in [1.29, 1.82) is 0 Å². The highest BCUT2D eigenvalue weighted by Gasteiger charge is 2.28. The minimum absolute atomic E-state index is 0.0561. The van der Waals surface area contributed by atoms with Gasteiger partial charge in [0.25, 0.3) is 5.91 Å². The van der Waals surface area contributed by atoms with Crippen LogP contribution in [0, 0.1) is 0 Å². The molecule has 0 saturated carbocycles. The first kappa shape index (κ1) is 14.1. The van der Waals surface area contributed by atoms with Crippen LogP contribution in [0.3, 0.4) is 0 Å². The number of nitrogens with zero attached hydrogens (tertiary/aromatic N) is 5. The van der Waals surface area contributed by atoms with E-state index in [4.69, 9.17) is 0 Å². The lowest BCUT2D eigenvalue weighted by Crippen LogP contribution is -2.39. The Morgan fingerprint density at radius 1 is 1.52 bits per heavy atom. The number of rotatable bonds is 3. The van der Waals surface area contributed by atoms with Crippen LogP contribution < -0.4 is 0 Å². The van der Waals surface area contributed by atoms with Crippen molar-refractivity contribution in [3.05, 3.63) is 34.9 Å². The zero-order valence-electron chi connectivity index (χ0n) is 11.9. The molecule has 0 N–H and O–H groups in total. The molecule has 1 aliphatic heterocycles. The van der Waals surface area contributed by atoms with Crippen molar-refractivity contribution >= 4 is 17.4 Å². The van der Waals surface area contributed by atoms with E-state index in [1.807, 2.05) is 17.9 Å². The van der Waals surface area contributed by atoms with E-state index in [0.717, 1.165) is 37.2 Å². The third-order valence-electron chi connectivity index (χ3n) is 3.82. The maximum atomic E-state index is 12.6. The summed E-state index contributed by atoms with van der Waals surface area (Å²) in [5, 5.41) is 4.03. The molecule has 2 aromatic heterocycles. The second-order valence-electron chi connectivity index (χ2n) is 5.13. The minimum Gasteiger partial charge on any atom is -0.337 e. The van der Waals surface area contributed by atoms with Crippen molar-refractivity contribution in [3.63, 3.8) is 0 Å². The van der Waals surface area contributed by atoms with Gasteiger partial charge in [-0.15, -0.1) is 5.10 Å². The Bertz CT molecular complexity index is 615. The predicted molar refractivity (Wildman–Crippen MR) is 79.2 cm³/mol. The number of hydrogen-bond donors (Lipinski definition) is 0. The Labute approximate surface area is 127 Å². The molecule has 2 aromatic rings. The van der Waals surface area contributed by atoms with E-state index in [2.05, 4.69) is 19.6 Å². The first-order valence-electron chi connectivity index (χ1n) is 7.16. The molecule has 6 nitrogen and oxygen atoms in total. The van der Waals surface area contributed by atoms with Crippen molar-refractivity contribution in [3.8, 4) is 0 Å². The van der Waals surface area contributed by atoms with Gasteiger partial charge in [0.15, 0.2) is 0 Å². The van der Waals surface area contributed by atoms with Gasteiger partial charge >= 0.3 is 0 Å². The average Bonchev–Trinajstić information content (AvgIpc) is 3.04. The Hall–Kier alpha value is -1.89. The molecule has 0 radical (unpaired) electrons. The Morgan fingerprint density at radius 3 is 3.19 bits per heavy atom. The molecule has 0 aromatic carbocycles. The van der Waals surface area contributed by atoms with E-state index in [1.165, 1.54) is 11.5 Å². The molecule has 21 heavy (non-hydrogen) atoms. The molecule has 0 spiro atoms. The number of aromatic nitrogens is 4. The van der Waals surface area contributed by atoms with Crippen molar-refractivity contribution < 1.29 is 4.79 Å². The number of piperidine rings is 1. The van der Waals surface area contributed by atoms with Crippen LogP contribution in [0.15, 0.2) is 18.6 Å². The molecule has 0 bridgehead atoms. The summed E-state index contributed by atoms with van der Waals surface area (Å²) in [4.78, 5) is 23.5. The van der Waals surface area contributed by atoms with E-state index in [9.17, 15) is 4.79 Å². The molecule has 1 unspecified atom stereocenters. The van der Waals surface area contributed by atoms with E-state index < -0.39 is 0 Å². The maximum absolute atomic E-state index is 12.6. The fourth-order valence-electron chi connectivity index (χ4n) is 2.69. The minimum atomic E-state index is 0.0561. The number of hydrogen-bond acceptors (Lipinski definition) is 6. The van der Waals surface area contributed by atoms with E-state index in [1.54, 1.807) is 12.5 Å². The van der Waals surface area contributed by atoms with E-state index in [0.29, 0.717) is 11.4 Å². The highest BCUT2D eigenvalue weighted by molar-refractivity contribution is 7.08. The van der Waals surface area contributed by atoms with Gasteiger partial charge in [-0.2, -0.15) is 0 Å². The van der Waals surface area contributed by atoms with Crippen LogP contribution in [0.4, 0.5) is 0 Å². The molecule has 1 atom stereocenters. The van der Waals surface area contributed by atoms with Crippen LogP contribution in [0.1, 0.15) is 46.7 Å². The molecular weight excluding hydrogens is 286 g/mol. The third-order valence-corrected chi connectivity index (χ3v) is 4.57. The molecule has 1 fully saturated rings. The second kappa shape index (κ2) is 6.26. The van der Waals surface area contributed by atoms with Crippen LogP contribution in [-0.2, 0) is 6.42 Å². The normalized spacial score (nSPS) is 18.7. The standard InChI is InChI=1S/C14H17N5OS/c1-2-11-13(21-18-17-11)14(20)19-7-3-4-10(8-19)12-5-6-15-9-16-12/h5-6,9-10H,2-4,7-8H2,1H3. The number of amides is 1. The molecule has 1 aliphatic rings. The fourth-order valence-corrected chi connectivity index (χ4v) is 3.41. The van der Waals surface area contributed by atoms with Crippen LogP contribution in [-0.4, -0.2) is 43.5 Å². The molecule has 3 rings (SSSR count). The maximum Gasteiger partial charge on any atom is 0.267 e. The van der Waals surface area contributed by atoms with Gasteiger partial charge in [0.05, 0.1) is 5.69 Å². The van der Waals surface area contributed by atoms with Gasteiger partial charge in [-0.25, -0.2) is 9.97 Å². The van der Waals surface area contributed by atoms with Gasteiger partial charge in [-0.1, -0.05) is 11.4 Å². The third kappa shape index (κ3) is 2.92. The quantitative estimate of drug-likeness (QED) is 0.866. The molecule has 1 saturated heterocycles. The summed E-state index contributed by atoms with van der Waals surface area (Å²) in [6, 6.07) is 1.93. The second-order valence-corrected chi connectivity index (χ2v) is 5.88. The fraction of sp³-hybridized carbons (Fsp3) is 0.500. The zero-order chi connectivity index (χ0) is 14.7. The largest absolute Gasteiger partial charge is 0.337 e. The average molecular weight is 303 g/mol. The smallest absolute Gasteiger partial charge is 0.267 e. The summed E-state index contributed by atoms with van der Waals surface area (Å²) in [6.07, 6.45) is 6.11. The van der Waals surface area contributed by atoms with Crippen molar-refractivity contribution in [2.75, 3.05) is 13.1 Å². The van der Waals surface area contributed by atoms with Gasteiger partial charge in [0.1, 0.15) is 11.2 Å². The summed E-state index contributed by atoms with van der Waals surface area (Å²) >= 11 is 1.19. The Balaban J connectivity index is 1.76. The lowest BCUT2D eigenvalue weighted by atomic mass is 9.94. The monoisotopic (exact) mass is 303 g/mol. The van der Waals surface area contributed by atoms with Crippen molar-refractivity contribution in [2.24, 2.45) is 0 Å². The number of aryl methyl sites for hydroxylation is 1. The van der Waals surface area contributed by atoms with Crippen LogP contribution >= 0.6 is 11.5 Å². The Kier molecular flexibility index (Phi) is 4.19. The summed E-state index contributed by atoms with van der Waals surface area (Å²) in [6.45, 7) is 3.49. The first-order valence-corrected chi connectivity index (χ1v) is 7.93. The predicted octanol–water partition coefficient (Wildman–Crippen LogP) is 1.91. The van der Waals surface area contributed by atoms with E-state index in [-0.39, 0.29) is 11.8 Å². The van der Waals surface area contributed by atoms with Crippen LogP contribution in [0.25, 0.3) is 0 Å². The molecule has 7 heteroatoms. The SMILES string of the molecule is CCc1nnsc1C(=O)N1CCCC(c2ccncn2)C1. The lowest BCUT2D eigenvalue weighted by molar-refractivity contribution is 0.0709. The molecule has 0 aliphatic carbocycles.